The molecule has 164 valence electrons. The van der Waals surface area contributed by atoms with Crippen molar-refractivity contribution in [3.63, 3.8) is 0 Å². The van der Waals surface area contributed by atoms with Gasteiger partial charge in [-0.1, -0.05) is 12.1 Å². The zero-order chi connectivity index (χ0) is 22.2. The van der Waals surface area contributed by atoms with Gasteiger partial charge in [0.1, 0.15) is 30.2 Å². The van der Waals surface area contributed by atoms with Crippen molar-refractivity contribution in [2.45, 2.75) is 44.2 Å². The molecule has 32 heavy (non-hydrogen) atoms. The van der Waals surface area contributed by atoms with Gasteiger partial charge < -0.3 is 19.9 Å². The number of hydrogen-bond acceptors (Lipinski definition) is 9. The Morgan fingerprint density at radius 1 is 1.03 bits per heavy atom. The first-order valence-corrected chi connectivity index (χ1v) is 10.2. The van der Waals surface area contributed by atoms with E-state index in [1.54, 1.807) is 35.2 Å². The molecular weight excluding hydrogens is 416 g/mol. The molecule has 6 rings (SSSR count). The minimum atomic E-state index is -0.859. The molecule has 11 nitrogen and oxygen atoms in total. The van der Waals surface area contributed by atoms with Crippen LogP contribution in [0.3, 0.4) is 0 Å². The predicted molar refractivity (Wildman–Crippen MR) is 109 cm³/mol. The van der Waals surface area contributed by atoms with Crippen LogP contribution in [0.5, 0.6) is 0 Å². The average molecular weight is 436 g/mol. The Balaban J connectivity index is 1.34. The van der Waals surface area contributed by atoms with Crippen molar-refractivity contribution in [3.8, 4) is 0 Å². The summed E-state index contributed by atoms with van der Waals surface area (Å²) < 4.78 is 20.3. The normalized spacial score (nSPS) is 28.5. The number of imidazole rings is 1. The molecule has 3 aliphatic heterocycles. The summed E-state index contributed by atoms with van der Waals surface area (Å²) in [6.07, 6.45) is 0.673. The van der Waals surface area contributed by atoms with Gasteiger partial charge in [-0.15, -0.1) is 0 Å². The second kappa shape index (κ2) is 6.55. The van der Waals surface area contributed by atoms with Gasteiger partial charge in [0.25, 0.3) is 11.8 Å². The van der Waals surface area contributed by atoms with Crippen LogP contribution in [0.4, 0.5) is 5.82 Å². The fraction of sp³-hybridized carbons (Fsp3) is 0.381. The first-order valence-electron chi connectivity index (χ1n) is 10.2. The molecule has 5 heterocycles. The fourth-order valence-electron chi connectivity index (χ4n) is 4.67. The Bertz CT molecular complexity index is 1240. The highest BCUT2D eigenvalue weighted by molar-refractivity contribution is 6.21. The van der Waals surface area contributed by atoms with Crippen LogP contribution < -0.4 is 5.73 Å². The van der Waals surface area contributed by atoms with Gasteiger partial charge in [0.05, 0.1) is 24.0 Å². The number of amides is 2. The molecule has 11 heteroatoms. The van der Waals surface area contributed by atoms with Gasteiger partial charge >= 0.3 is 0 Å². The molecule has 0 saturated carbocycles. The van der Waals surface area contributed by atoms with Crippen molar-refractivity contribution in [1.82, 2.24) is 24.4 Å². The molecule has 3 aromatic rings. The standard InChI is InChI=1S/C21H20N6O5/c1-21(2)31-14-12(7-26-18(28)10-5-3-4-6-11(10)19(26)29)30-20(15(14)32-21)27-9-25-13-16(22)23-8-24-17(13)27/h3-6,8-9,12,14-15,20H,7H2,1-2H3,(H2,22,23,24)/t12-,14-,15-,20?/m1/s1. The van der Waals surface area contributed by atoms with Gasteiger partial charge in [0, 0.05) is 0 Å². The van der Waals surface area contributed by atoms with E-state index in [9.17, 15) is 9.59 Å². The number of anilines is 1. The number of fused-ring (bicyclic) bond motifs is 3. The summed E-state index contributed by atoms with van der Waals surface area (Å²) in [6, 6.07) is 6.77. The van der Waals surface area contributed by atoms with Gasteiger partial charge in [-0.2, -0.15) is 0 Å². The van der Waals surface area contributed by atoms with Gasteiger partial charge in [0.2, 0.25) is 0 Å². The van der Waals surface area contributed by atoms with E-state index in [-0.39, 0.29) is 24.2 Å². The molecule has 0 radical (unpaired) electrons. The predicted octanol–water partition coefficient (Wildman–Crippen LogP) is 1.12. The lowest BCUT2D eigenvalue weighted by molar-refractivity contribution is -0.196. The van der Waals surface area contributed by atoms with E-state index in [4.69, 9.17) is 19.9 Å². The lowest BCUT2D eigenvalue weighted by Crippen LogP contribution is -2.42. The van der Waals surface area contributed by atoms with Crippen molar-refractivity contribution in [3.05, 3.63) is 48.0 Å². The third-order valence-corrected chi connectivity index (χ3v) is 6.03. The summed E-state index contributed by atoms with van der Waals surface area (Å²) in [6.45, 7) is 3.66. The molecule has 2 saturated heterocycles. The number of aromatic nitrogens is 4. The van der Waals surface area contributed by atoms with Crippen LogP contribution in [-0.4, -0.2) is 66.9 Å². The maximum atomic E-state index is 12.9. The summed E-state index contributed by atoms with van der Waals surface area (Å²) in [5.74, 6) is -1.29. The highest BCUT2D eigenvalue weighted by Crippen LogP contribution is 2.44. The van der Waals surface area contributed by atoms with Gasteiger partial charge in [-0.25, -0.2) is 15.0 Å². The quantitative estimate of drug-likeness (QED) is 0.599. The number of nitrogens with zero attached hydrogens (tertiary/aromatic N) is 5. The Kier molecular flexibility index (Phi) is 3.95. The number of hydrogen-bond donors (Lipinski definition) is 1. The average Bonchev–Trinajstić information content (AvgIpc) is 3.47. The topological polar surface area (TPSA) is 135 Å². The van der Waals surface area contributed by atoms with Gasteiger partial charge in [-0.05, 0) is 26.0 Å². The van der Waals surface area contributed by atoms with Crippen LogP contribution in [0.25, 0.3) is 11.2 Å². The van der Waals surface area contributed by atoms with Crippen molar-refractivity contribution < 1.29 is 23.8 Å². The van der Waals surface area contributed by atoms with E-state index in [2.05, 4.69) is 15.0 Å². The highest BCUT2D eigenvalue weighted by Gasteiger charge is 2.57. The summed E-state index contributed by atoms with van der Waals surface area (Å²) in [7, 11) is 0. The number of ether oxygens (including phenoxy) is 3. The van der Waals surface area contributed by atoms with Crippen molar-refractivity contribution >= 4 is 28.8 Å². The van der Waals surface area contributed by atoms with E-state index >= 15 is 0 Å². The number of carbonyl (C=O) groups excluding carboxylic acids is 2. The van der Waals surface area contributed by atoms with Crippen molar-refractivity contribution in [1.29, 1.82) is 0 Å². The lowest BCUT2D eigenvalue weighted by atomic mass is 10.1. The van der Waals surface area contributed by atoms with E-state index < -0.39 is 30.3 Å². The summed E-state index contributed by atoms with van der Waals surface area (Å²) >= 11 is 0. The molecule has 2 aromatic heterocycles. The summed E-state index contributed by atoms with van der Waals surface area (Å²) in [5, 5.41) is 0. The molecule has 4 atom stereocenters. The third-order valence-electron chi connectivity index (χ3n) is 6.03. The molecule has 1 unspecified atom stereocenters. The zero-order valence-corrected chi connectivity index (χ0v) is 17.3. The summed E-state index contributed by atoms with van der Waals surface area (Å²) in [4.78, 5) is 39.5. The third kappa shape index (κ3) is 2.68. The second-order valence-electron chi connectivity index (χ2n) is 8.48. The molecule has 1 aromatic carbocycles. The number of nitrogens with two attached hydrogens (primary N) is 1. The molecule has 2 amide bonds. The van der Waals surface area contributed by atoms with Crippen LogP contribution in [0.1, 0.15) is 40.8 Å². The smallest absolute Gasteiger partial charge is 0.261 e. The van der Waals surface area contributed by atoms with E-state index in [0.29, 0.717) is 22.3 Å². The van der Waals surface area contributed by atoms with E-state index in [1.165, 1.54) is 11.2 Å². The highest BCUT2D eigenvalue weighted by atomic mass is 16.8. The molecule has 0 bridgehead atoms. The Morgan fingerprint density at radius 3 is 2.44 bits per heavy atom. The first kappa shape index (κ1) is 19.3. The molecular formula is C21H20N6O5. The zero-order valence-electron chi connectivity index (χ0n) is 17.3. The molecule has 0 aliphatic carbocycles. The first-order chi connectivity index (χ1) is 15.3. The van der Waals surface area contributed by atoms with Crippen molar-refractivity contribution in [2.75, 3.05) is 12.3 Å². The minimum absolute atomic E-state index is 0.0349. The number of rotatable bonds is 3. The van der Waals surface area contributed by atoms with Crippen LogP contribution in [0.2, 0.25) is 0 Å². The number of nitrogen functional groups attached to an aromatic ring is 1. The monoisotopic (exact) mass is 436 g/mol. The molecule has 2 N–H and O–H groups in total. The van der Waals surface area contributed by atoms with Gasteiger partial charge in [-0.3, -0.25) is 19.1 Å². The second-order valence-corrected chi connectivity index (χ2v) is 8.48. The minimum Gasteiger partial charge on any atom is -0.382 e. The van der Waals surface area contributed by atoms with E-state index in [0.717, 1.165) is 0 Å². The Labute approximate surface area is 182 Å². The van der Waals surface area contributed by atoms with Crippen LogP contribution in [0, 0.1) is 0 Å². The van der Waals surface area contributed by atoms with Gasteiger partial charge in [0.15, 0.2) is 23.5 Å². The maximum absolute atomic E-state index is 12.9. The number of benzene rings is 1. The summed E-state index contributed by atoms with van der Waals surface area (Å²) in [5.41, 5.74) is 7.65. The molecule has 0 spiro atoms. The fourth-order valence-corrected chi connectivity index (χ4v) is 4.67. The largest absolute Gasteiger partial charge is 0.382 e. The maximum Gasteiger partial charge on any atom is 0.261 e. The molecule has 3 aliphatic rings. The van der Waals surface area contributed by atoms with Crippen LogP contribution in [-0.2, 0) is 14.2 Å². The molecule has 2 fully saturated rings. The van der Waals surface area contributed by atoms with Crippen molar-refractivity contribution in [2.24, 2.45) is 0 Å². The Morgan fingerprint density at radius 2 is 1.72 bits per heavy atom. The van der Waals surface area contributed by atoms with E-state index in [1.807, 2.05) is 13.8 Å². The lowest BCUT2D eigenvalue weighted by Gasteiger charge is -2.26. The number of imide groups is 1. The number of carbonyl (C=O) groups is 2. The van der Waals surface area contributed by atoms with Crippen LogP contribution >= 0.6 is 0 Å². The Hall–Kier alpha value is -3.41. The SMILES string of the molecule is CC1(C)O[C@@H]2[C@@H](CN3C(=O)c4ccccc4C3=O)OC(n3cnc4c(N)ncnc43)[C@@H]2O1. The van der Waals surface area contributed by atoms with Crippen LogP contribution in [0.15, 0.2) is 36.9 Å².